The summed E-state index contributed by atoms with van der Waals surface area (Å²) in [5, 5.41) is 7.64. The summed E-state index contributed by atoms with van der Waals surface area (Å²) in [5.74, 6) is 2.46. The van der Waals surface area contributed by atoms with Crippen LogP contribution in [0.4, 0.5) is 0 Å². The van der Waals surface area contributed by atoms with Gasteiger partial charge in [0.2, 0.25) is 5.91 Å². The minimum atomic E-state index is 0.148. The molecule has 3 unspecified atom stereocenters. The minimum absolute atomic E-state index is 0.148. The predicted octanol–water partition coefficient (Wildman–Crippen LogP) is 2.52. The number of rotatable bonds is 4. The molecule has 0 spiro atoms. The lowest BCUT2D eigenvalue weighted by molar-refractivity contribution is -0.122. The van der Waals surface area contributed by atoms with Gasteiger partial charge in [0.05, 0.1) is 23.5 Å². The van der Waals surface area contributed by atoms with Gasteiger partial charge in [-0.1, -0.05) is 18.0 Å². The number of nitrogens with zero attached hydrogens (tertiary/aromatic N) is 2. The number of carbonyl (C=O) groups excluding carboxylic acids is 1. The maximum Gasteiger partial charge on any atom is 0.220 e. The quantitative estimate of drug-likeness (QED) is 0.922. The fourth-order valence-electron chi connectivity index (χ4n) is 3.75. The van der Waals surface area contributed by atoms with E-state index < -0.39 is 0 Å². The Bertz CT molecular complexity index is 466. The fourth-order valence-corrected chi connectivity index (χ4v) is 3.99. The Balaban J connectivity index is 1.49. The number of nitrogens with one attached hydrogen (secondary N) is 1. The van der Waals surface area contributed by atoms with Crippen LogP contribution in [-0.2, 0) is 18.4 Å². The van der Waals surface area contributed by atoms with E-state index in [4.69, 9.17) is 11.6 Å². The first-order chi connectivity index (χ1) is 9.13. The molecule has 1 amide bonds. The van der Waals surface area contributed by atoms with Gasteiger partial charge in [0, 0.05) is 13.5 Å². The molecule has 3 atom stereocenters. The maximum atomic E-state index is 12.0. The zero-order valence-electron chi connectivity index (χ0n) is 11.2. The first-order valence-corrected chi connectivity index (χ1v) is 7.44. The van der Waals surface area contributed by atoms with E-state index in [-0.39, 0.29) is 5.91 Å². The zero-order chi connectivity index (χ0) is 13.4. The molecular weight excluding hydrogens is 262 g/mol. The summed E-state index contributed by atoms with van der Waals surface area (Å²) in [7, 11) is 1.84. The number of fused-ring (bicyclic) bond motifs is 2. The number of halogens is 1. The number of amides is 1. The summed E-state index contributed by atoms with van der Waals surface area (Å²) in [6, 6.07) is 0. The van der Waals surface area contributed by atoms with Gasteiger partial charge in [-0.25, -0.2) is 0 Å². The Morgan fingerprint density at radius 1 is 1.53 bits per heavy atom. The summed E-state index contributed by atoms with van der Waals surface area (Å²) < 4.78 is 1.71. The van der Waals surface area contributed by atoms with E-state index in [1.54, 1.807) is 10.9 Å². The summed E-state index contributed by atoms with van der Waals surface area (Å²) in [6.07, 6.45) is 7.61. The molecule has 1 heterocycles. The van der Waals surface area contributed by atoms with Crippen molar-refractivity contribution in [3.63, 3.8) is 0 Å². The van der Waals surface area contributed by atoms with Gasteiger partial charge in [-0.15, -0.1) is 0 Å². The van der Waals surface area contributed by atoms with Crippen molar-refractivity contribution in [3.8, 4) is 0 Å². The van der Waals surface area contributed by atoms with Crippen LogP contribution >= 0.6 is 11.6 Å². The number of aromatic nitrogens is 2. The van der Waals surface area contributed by atoms with E-state index in [1.807, 2.05) is 7.05 Å². The van der Waals surface area contributed by atoms with E-state index in [1.165, 1.54) is 25.7 Å². The molecule has 1 aromatic rings. The highest BCUT2D eigenvalue weighted by Gasteiger charge is 2.40. The van der Waals surface area contributed by atoms with Gasteiger partial charge in [0.1, 0.15) is 0 Å². The van der Waals surface area contributed by atoms with Gasteiger partial charge in [0.25, 0.3) is 0 Å². The van der Waals surface area contributed by atoms with Gasteiger partial charge in [-0.2, -0.15) is 5.10 Å². The smallest absolute Gasteiger partial charge is 0.220 e. The van der Waals surface area contributed by atoms with Crippen LogP contribution in [0.25, 0.3) is 0 Å². The van der Waals surface area contributed by atoms with E-state index >= 15 is 0 Å². The monoisotopic (exact) mass is 281 g/mol. The van der Waals surface area contributed by atoms with Crippen LogP contribution in [0.15, 0.2) is 6.20 Å². The standard InChI is InChI=1S/C14H20ClN3O/c1-18-13(12(15)7-17-18)8-16-14(19)6-11-5-9-2-3-10(11)4-9/h7,9-11H,2-6,8H2,1H3,(H,16,19). The Morgan fingerprint density at radius 2 is 2.37 bits per heavy atom. The van der Waals surface area contributed by atoms with Crippen LogP contribution in [-0.4, -0.2) is 15.7 Å². The number of hydrogen-bond acceptors (Lipinski definition) is 2. The zero-order valence-corrected chi connectivity index (χ0v) is 12.0. The topological polar surface area (TPSA) is 46.9 Å². The third-order valence-electron chi connectivity index (χ3n) is 4.80. The Hall–Kier alpha value is -1.03. The molecule has 2 saturated carbocycles. The van der Waals surface area contributed by atoms with E-state index in [0.717, 1.165) is 17.5 Å². The molecule has 2 fully saturated rings. The second-order valence-electron chi connectivity index (χ2n) is 5.98. The Morgan fingerprint density at radius 3 is 2.95 bits per heavy atom. The third kappa shape index (κ3) is 2.64. The van der Waals surface area contributed by atoms with Gasteiger partial charge in [-0.05, 0) is 37.0 Å². The van der Waals surface area contributed by atoms with Crippen molar-refractivity contribution in [2.75, 3.05) is 0 Å². The molecular formula is C14H20ClN3O. The average molecular weight is 282 g/mol. The van der Waals surface area contributed by atoms with Crippen LogP contribution in [0, 0.1) is 17.8 Å². The molecule has 19 heavy (non-hydrogen) atoms. The number of carbonyl (C=O) groups is 1. The minimum Gasteiger partial charge on any atom is -0.350 e. The van der Waals surface area contributed by atoms with Gasteiger partial charge in [-0.3, -0.25) is 9.48 Å². The normalized spacial score (nSPS) is 28.8. The number of aryl methyl sites for hydroxylation is 1. The van der Waals surface area contributed by atoms with Gasteiger partial charge < -0.3 is 5.32 Å². The summed E-state index contributed by atoms with van der Waals surface area (Å²) in [6.45, 7) is 0.467. The molecule has 104 valence electrons. The molecule has 2 aliphatic carbocycles. The van der Waals surface area contributed by atoms with E-state index in [9.17, 15) is 4.79 Å². The van der Waals surface area contributed by atoms with Crippen molar-refractivity contribution >= 4 is 17.5 Å². The Kier molecular flexibility index (Phi) is 3.52. The fraction of sp³-hybridized carbons (Fsp3) is 0.714. The molecule has 0 radical (unpaired) electrons. The molecule has 2 aliphatic rings. The van der Waals surface area contributed by atoms with Crippen molar-refractivity contribution in [2.45, 2.75) is 38.6 Å². The Labute approximate surface area is 118 Å². The van der Waals surface area contributed by atoms with Crippen LogP contribution < -0.4 is 5.32 Å². The SMILES string of the molecule is Cn1ncc(Cl)c1CNC(=O)CC1CC2CCC1C2. The highest BCUT2D eigenvalue weighted by atomic mass is 35.5. The highest BCUT2D eigenvalue weighted by Crippen LogP contribution is 2.49. The molecule has 0 aromatic carbocycles. The number of hydrogen-bond donors (Lipinski definition) is 1. The lowest BCUT2D eigenvalue weighted by Crippen LogP contribution is -2.27. The van der Waals surface area contributed by atoms with Crippen molar-refractivity contribution < 1.29 is 4.79 Å². The largest absolute Gasteiger partial charge is 0.350 e. The van der Waals surface area contributed by atoms with Gasteiger partial charge in [0.15, 0.2) is 0 Å². The molecule has 0 aliphatic heterocycles. The molecule has 1 aromatic heterocycles. The summed E-state index contributed by atoms with van der Waals surface area (Å²) in [4.78, 5) is 12.0. The maximum absolute atomic E-state index is 12.0. The summed E-state index contributed by atoms with van der Waals surface area (Å²) in [5.41, 5.74) is 0.864. The molecule has 1 N–H and O–H groups in total. The molecule has 5 heteroatoms. The van der Waals surface area contributed by atoms with Crippen molar-refractivity contribution in [2.24, 2.45) is 24.8 Å². The summed E-state index contributed by atoms with van der Waals surface area (Å²) >= 11 is 6.02. The lowest BCUT2D eigenvalue weighted by Gasteiger charge is -2.20. The second-order valence-corrected chi connectivity index (χ2v) is 6.39. The van der Waals surface area contributed by atoms with Crippen molar-refractivity contribution in [1.29, 1.82) is 0 Å². The van der Waals surface area contributed by atoms with Crippen LogP contribution in [0.2, 0.25) is 5.02 Å². The third-order valence-corrected chi connectivity index (χ3v) is 5.11. The van der Waals surface area contributed by atoms with Gasteiger partial charge >= 0.3 is 0 Å². The second kappa shape index (κ2) is 5.16. The van der Waals surface area contributed by atoms with Crippen LogP contribution in [0.5, 0.6) is 0 Å². The van der Waals surface area contributed by atoms with E-state index in [0.29, 0.717) is 23.9 Å². The van der Waals surface area contributed by atoms with Crippen molar-refractivity contribution in [3.05, 3.63) is 16.9 Å². The average Bonchev–Trinajstić information content (AvgIpc) is 3.05. The molecule has 4 nitrogen and oxygen atoms in total. The van der Waals surface area contributed by atoms with E-state index in [2.05, 4.69) is 10.4 Å². The van der Waals surface area contributed by atoms with Crippen LogP contribution in [0.1, 0.15) is 37.8 Å². The molecule has 0 saturated heterocycles. The predicted molar refractivity (Wildman–Crippen MR) is 73.6 cm³/mol. The van der Waals surface area contributed by atoms with Crippen molar-refractivity contribution in [1.82, 2.24) is 15.1 Å². The first kappa shape index (κ1) is 13.0. The highest BCUT2D eigenvalue weighted by molar-refractivity contribution is 6.31. The molecule has 3 rings (SSSR count). The first-order valence-electron chi connectivity index (χ1n) is 7.06. The molecule has 2 bridgehead atoms. The lowest BCUT2D eigenvalue weighted by atomic mass is 9.86. The van der Waals surface area contributed by atoms with Crippen LogP contribution in [0.3, 0.4) is 0 Å².